The van der Waals surface area contributed by atoms with Gasteiger partial charge in [0.25, 0.3) is 5.91 Å². The number of carbonyl (C=O) groups is 2. The molecule has 2 atom stereocenters. The van der Waals surface area contributed by atoms with Gasteiger partial charge in [-0.3, -0.25) is 9.59 Å². The summed E-state index contributed by atoms with van der Waals surface area (Å²) in [6.07, 6.45) is 3.03. The van der Waals surface area contributed by atoms with Crippen molar-refractivity contribution in [3.05, 3.63) is 18.2 Å². The van der Waals surface area contributed by atoms with E-state index >= 15 is 0 Å². The van der Waals surface area contributed by atoms with Crippen molar-refractivity contribution in [3.63, 3.8) is 0 Å². The zero-order chi connectivity index (χ0) is 14.0. The Morgan fingerprint density at radius 2 is 2.32 bits per heavy atom. The first-order valence-electron chi connectivity index (χ1n) is 6.14. The molecule has 2 unspecified atom stereocenters. The standard InChI is InChI=1S/C12H17N3O4/c1-3-15(10-6-19-5-8(10)12(17)18)11(16)9-4-13-7-14(9)2/h4,7-8,10H,3,5-6H2,1-2H3,(H,17,18). The van der Waals surface area contributed by atoms with Crippen LogP contribution in [0.1, 0.15) is 17.4 Å². The quantitative estimate of drug-likeness (QED) is 0.829. The van der Waals surface area contributed by atoms with Crippen molar-refractivity contribution < 1.29 is 19.4 Å². The van der Waals surface area contributed by atoms with Crippen molar-refractivity contribution in [2.24, 2.45) is 13.0 Å². The van der Waals surface area contributed by atoms with Gasteiger partial charge in [-0.15, -0.1) is 0 Å². The number of carboxylic acid groups (broad SMARTS) is 1. The number of carbonyl (C=O) groups excluding carboxylic acids is 1. The molecule has 1 fully saturated rings. The normalized spacial score (nSPS) is 22.4. The Morgan fingerprint density at radius 1 is 1.58 bits per heavy atom. The van der Waals surface area contributed by atoms with Gasteiger partial charge in [0.1, 0.15) is 11.6 Å². The highest BCUT2D eigenvalue weighted by atomic mass is 16.5. The highest BCUT2D eigenvalue weighted by Crippen LogP contribution is 2.21. The Bertz CT molecular complexity index is 485. The number of hydrogen-bond acceptors (Lipinski definition) is 4. The van der Waals surface area contributed by atoms with Crippen LogP contribution >= 0.6 is 0 Å². The average Bonchev–Trinajstić information content (AvgIpc) is 2.98. The predicted molar refractivity (Wildman–Crippen MR) is 65.7 cm³/mol. The molecular weight excluding hydrogens is 250 g/mol. The lowest BCUT2D eigenvalue weighted by Crippen LogP contribution is -2.46. The predicted octanol–water partition coefficient (Wildman–Crippen LogP) is -0.0182. The fourth-order valence-electron chi connectivity index (χ4n) is 2.33. The van der Waals surface area contributed by atoms with Crippen molar-refractivity contribution in [2.45, 2.75) is 13.0 Å². The topological polar surface area (TPSA) is 84.7 Å². The minimum atomic E-state index is -0.932. The fourth-order valence-corrected chi connectivity index (χ4v) is 2.33. The zero-order valence-electron chi connectivity index (χ0n) is 10.9. The number of nitrogens with zero attached hydrogens (tertiary/aromatic N) is 3. The van der Waals surface area contributed by atoms with E-state index < -0.39 is 17.9 Å². The summed E-state index contributed by atoms with van der Waals surface area (Å²) in [5.41, 5.74) is 0.442. The third-order valence-electron chi connectivity index (χ3n) is 3.41. The molecule has 104 valence electrons. The lowest BCUT2D eigenvalue weighted by Gasteiger charge is -2.29. The summed E-state index contributed by atoms with van der Waals surface area (Å²) in [5.74, 6) is -1.82. The van der Waals surface area contributed by atoms with Crippen molar-refractivity contribution in [1.29, 1.82) is 0 Å². The molecule has 7 nitrogen and oxygen atoms in total. The number of rotatable bonds is 4. The molecule has 2 rings (SSSR count). The molecular formula is C12H17N3O4. The zero-order valence-corrected chi connectivity index (χ0v) is 10.9. The number of hydrogen-bond donors (Lipinski definition) is 1. The molecule has 0 bridgehead atoms. The maximum absolute atomic E-state index is 12.4. The van der Waals surface area contributed by atoms with E-state index in [2.05, 4.69) is 4.98 Å². The third kappa shape index (κ3) is 2.46. The second-order valence-electron chi connectivity index (χ2n) is 4.53. The minimum Gasteiger partial charge on any atom is -0.481 e. The van der Waals surface area contributed by atoms with Gasteiger partial charge < -0.3 is 19.3 Å². The summed E-state index contributed by atoms with van der Waals surface area (Å²) in [5, 5.41) is 9.16. The number of aromatic nitrogens is 2. The second-order valence-corrected chi connectivity index (χ2v) is 4.53. The first-order chi connectivity index (χ1) is 9.06. The molecule has 0 saturated carbocycles. The molecule has 0 spiro atoms. The molecule has 1 aromatic rings. The number of ether oxygens (including phenoxy) is 1. The van der Waals surface area contributed by atoms with Crippen LogP contribution in [0.3, 0.4) is 0 Å². The first kappa shape index (κ1) is 13.5. The van der Waals surface area contributed by atoms with E-state index in [4.69, 9.17) is 9.84 Å². The van der Waals surface area contributed by atoms with Crippen molar-refractivity contribution in [2.75, 3.05) is 19.8 Å². The van der Waals surface area contributed by atoms with Crippen LogP contribution in [0.25, 0.3) is 0 Å². The molecule has 0 aliphatic carbocycles. The number of aryl methyl sites for hydroxylation is 1. The smallest absolute Gasteiger partial charge is 0.311 e. The molecule has 2 heterocycles. The fraction of sp³-hybridized carbons (Fsp3) is 0.583. The summed E-state index contributed by atoms with van der Waals surface area (Å²) >= 11 is 0. The van der Waals surface area contributed by atoms with Gasteiger partial charge >= 0.3 is 5.97 Å². The second kappa shape index (κ2) is 5.40. The molecule has 1 N–H and O–H groups in total. The number of aliphatic carboxylic acids is 1. The Hall–Kier alpha value is -1.89. The van der Waals surface area contributed by atoms with E-state index in [1.807, 2.05) is 6.92 Å². The van der Waals surface area contributed by atoms with E-state index in [9.17, 15) is 9.59 Å². The van der Waals surface area contributed by atoms with Crippen LogP contribution in [0.5, 0.6) is 0 Å². The number of carboxylic acids is 1. The van der Waals surface area contributed by atoms with Crippen LogP contribution in [0.2, 0.25) is 0 Å². The van der Waals surface area contributed by atoms with Gasteiger partial charge in [-0.25, -0.2) is 4.98 Å². The Morgan fingerprint density at radius 3 is 2.84 bits per heavy atom. The molecule has 0 aromatic carbocycles. The molecule has 7 heteroatoms. The van der Waals surface area contributed by atoms with Gasteiger partial charge in [0.2, 0.25) is 0 Å². The molecule has 1 saturated heterocycles. The summed E-state index contributed by atoms with van der Waals surface area (Å²) < 4.78 is 6.84. The average molecular weight is 267 g/mol. The Labute approximate surface area is 110 Å². The summed E-state index contributed by atoms with van der Waals surface area (Å²) in [6, 6.07) is -0.426. The summed E-state index contributed by atoms with van der Waals surface area (Å²) in [6.45, 7) is 2.66. The summed E-state index contributed by atoms with van der Waals surface area (Å²) in [7, 11) is 1.73. The van der Waals surface area contributed by atoms with Crippen LogP contribution < -0.4 is 0 Å². The van der Waals surface area contributed by atoms with Gasteiger partial charge in [-0.2, -0.15) is 0 Å². The third-order valence-corrected chi connectivity index (χ3v) is 3.41. The molecule has 1 aliphatic heterocycles. The van der Waals surface area contributed by atoms with Gasteiger partial charge in [-0.1, -0.05) is 0 Å². The first-order valence-corrected chi connectivity index (χ1v) is 6.14. The number of imidazole rings is 1. The lowest BCUT2D eigenvalue weighted by atomic mass is 10.0. The molecule has 1 aromatic heterocycles. The maximum Gasteiger partial charge on any atom is 0.311 e. The van der Waals surface area contributed by atoms with E-state index in [-0.39, 0.29) is 19.1 Å². The SMILES string of the molecule is CCN(C(=O)c1cncn1C)C1COCC1C(=O)O. The summed E-state index contributed by atoms with van der Waals surface area (Å²) in [4.78, 5) is 29.1. The lowest BCUT2D eigenvalue weighted by molar-refractivity contribution is -0.142. The van der Waals surface area contributed by atoms with Crippen molar-refractivity contribution >= 4 is 11.9 Å². The van der Waals surface area contributed by atoms with E-state index in [0.29, 0.717) is 12.2 Å². The van der Waals surface area contributed by atoms with Crippen LogP contribution in [0.4, 0.5) is 0 Å². The van der Waals surface area contributed by atoms with Gasteiger partial charge in [0.15, 0.2) is 0 Å². The van der Waals surface area contributed by atoms with Crippen LogP contribution in [0, 0.1) is 5.92 Å². The van der Waals surface area contributed by atoms with E-state index in [1.165, 1.54) is 6.20 Å². The Balaban J connectivity index is 2.23. The molecule has 1 aliphatic rings. The van der Waals surface area contributed by atoms with E-state index in [0.717, 1.165) is 0 Å². The molecule has 19 heavy (non-hydrogen) atoms. The number of likely N-dealkylation sites (N-methyl/N-ethyl adjacent to an activating group) is 1. The Kier molecular flexibility index (Phi) is 3.84. The molecule has 1 amide bonds. The van der Waals surface area contributed by atoms with E-state index in [1.54, 1.807) is 22.8 Å². The molecule has 0 radical (unpaired) electrons. The van der Waals surface area contributed by atoms with Gasteiger partial charge in [-0.05, 0) is 6.92 Å². The largest absolute Gasteiger partial charge is 0.481 e. The highest BCUT2D eigenvalue weighted by Gasteiger charge is 2.40. The highest BCUT2D eigenvalue weighted by molar-refractivity contribution is 5.93. The maximum atomic E-state index is 12.4. The van der Waals surface area contributed by atoms with Gasteiger partial charge in [0, 0.05) is 13.6 Å². The minimum absolute atomic E-state index is 0.148. The van der Waals surface area contributed by atoms with Crippen LogP contribution in [0.15, 0.2) is 12.5 Å². The van der Waals surface area contributed by atoms with Crippen molar-refractivity contribution in [3.8, 4) is 0 Å². The number of amides is 1. The van der Waals surface area contributed by atoms with Crippen molar-refractivity contribution in [1.82, 2.24) is 14.5 Å². The van der Waals surface area contributed by atoms with Gasteiger partial charge in [0.05, 0.1) is 31.8 Å². The monoisotopic (exact) mass is 267 g/mol. The van der Waals surface area contributed by atoms with Crippen LogP contribution in [-0.2, 0) is 16.6 Å². The van der Waals surface area contributed by atoms with Crippen LogP contribution in [-0.4, -0.2) is 57.2 Å².